The Labute approximate surface area is 132 Å². The molecule has 3 unspecified atom stereocenters. The number of thioether (sulfide) groups is 1. The Morgan fingerprint density at radius 1 is 1.43 bits per heavy atom. The molecule has 1 N–H and O–H groups in total. The maximum Gasteiger partial charge on any atom is 0.306 e. The molecule has 6 heteroatoms. The van der Waals surface area contributed by atoms with E-state index >= 15 is 0 Å². The fraction of sp³-hybridized carbons (Fsp3) is 0.600. The lowest BCUT2D eigenvalue weighted by Crippen LogP contribution is -2.46. The Hall–Kier alpha value is -1.01. The first-order valence-electron chi connectivity index (χ1n) is 7.27. The summed E-state index contributed by atoms with van der Waals surface area (Å²) in [5, 5.41) is 11.2. The summed E-state index contributed by atoms with van der Waals surface area (Å²) in [7, 11) is 0. The summed E-state index contributed by atoms with van der Waals surface area (Å²) in [5.41, 5.74) is 1.18. The zero-order valence-electron chi connectivity index (χ0n) is 11.9. The van der Waals surface area contributed by atoms with Gasteiger partial charge in [-0.05, 0) is 41.5 Å². The Morgan fingerprint density at radius 2 is 2.24 bits per heavy atom. The Balaban J connectivity index is 1.72. The van der Waals surface area contributed by atoms with Crippen LogP contribution in [0.15, 0.2) is 11.4 Å². The molecule has 0 spiro atoms. The summed E-state index contributed by atoms with van der Waals surface area (Å²) in [6.45, 7) is 3.06. The number of rotatable bonds is 2. The highest BCUT2D eigenvalue weighted by Crippen LogP contribution is 2.41. The number of hydrogen-bond donors (Lipinski definition) is 1. The zero-order valence-corrected chi connectivity index (χ0v) is 13.6. The lowest BCUT2D eigenvalue weighted by Gasteiger charge is -2.37. The van der Waals surface area contributed by atoms with Gasteiger partial charge in [0.15, 0.2) is 0 Å². The summed E-state index contributed by atoms with van der Waals surface area (Å²) in [6, 6.07) is 2.07. The van der Waals surface area contributed by atoms with Crippen LogP contribution in [0, 0.1) is 11.8 Å². The highest BCUT2D eigenvalue weighted by Gasteiger charge is 2.37. The fourth-order valence-corrected chi connectivity index (χ4v) is 5.60. The van der Waals surface area contributed by atoms with E-state index in [9.17, 15) is 14.7 Å². The van der Waals surface area contributed by atoms with E-state index in [1.165, 1.54) is 10.4 Å². The molecule has 21 heavy (non-hydrogen) atoms. The van der Waals surface area contributed by atoms with Crippen LogP contribution in [0.3, 0.4) is 0 Å². The van der Waals surface area contributed by atoms with Crippen molar-refractivity contribution >= 4 is 35.0 Å². The molecular weight excluding hydrogens is 306 g/mol. The van der Waals surface area contributed by atoms with Gasteiger partial charge in [0.05, 0.1) is 5.92 Å². The third-order valence-corrected chi connectivity index (χ3v) is 6.66. The van der Waals surface area contributed by atoms with Crippen molar-refractivity contribution in [3.05, 3.63) is 21.9 Å². The van der Waals surface area contributed by atoms with Crippen LogP contribution in [0.4, 0.5) is 0 Å². The molecule has 0 aliphatic carbocycles. The van der Waals surface area contributed by atoms with E-state index in [0.29, 0.717) is 19.5 Å². The van der Waals surface area contributed by atoms with Crippen LogP contribution < -0.4 is 0 Å². The number of hydrogen-bond acceptors (Lipinski definition) is 4. The number of piperidine rings is 1. The van der Waals surface area contributed by atoms with Crippen LogP contribution in [0.2, 0.25) is 0 Å². The largest absolute Gasteiger partial charge is 0.481 e. The molecule has 1 aromatic rings. The van der Waals surface area contributed by atoms with Gasteiger partial charge in [-0.3, -0.25) is 9.59 Å². The minimum Gasteiger partial charge on any atom is -0.481 e. The lowest BCUT2D eigenvalue weighted by atomic mass is 9.87. The number of aliphatic carboxylic acids is 1. The average molecular weight is 325 g/mol. The monoisotopic (exact) mass is 325 g/mol. The number of aryl methyl sites for hydroxylation is 1. The summed E-state index contributed by atoms with van der Waals surface area (Å²) >= 11 is 3.46. The molecule has 1 saturated heterocycles. The minimum atomic E-state index is -0.734. The van der Waals surface area contributed by atoms with Crippen molar-refractivity contribution in [3.63, 3.8) is 0 Å². The molecule has 2 aliphatic heterocycles. The highest BCUT2D eigenvalue weighted by atomic mass is 32.2. The average Bonchev–Trinajstić information content (AvgIpc) is 2.94. The molecular formula is C15H19NO3S2. The fourth-order valence-electron chi connectivity index (χ4n) is 3.23. The van der Waals surface area contributed by atoms with Gasteiger partial charge >= 0.3 is 5.97 Å². The minimum absolute atomic E-state index is 0.0238. The van der Waals surface area contributed by atoms with Gasteiger partial charge in [-0.25, -0.2) is 0 Å². The number of carboxylic acid groups (broad SMARTS) is 1. The molecule has 1 fully saturated rings. The van der Waals surface area contributed by atoms with E-state index in [2.05, 4.69) is 11.4 Å². The number of carboxylic acids is 1. The number of carbonyl (C=O) groups excluding carboxylic acids is 1. The predicted molar refractivity (Wildman–Crippen MR) is 84.7 cm³/mol. The summed E-state index contributed by atoms with van der Waals surface area (Å²) in [6.07, 6.45) is 1.62. The SMILES string of the molecule is CC1CN(C(=O)C2SCCc3sccc32)CCC1C(=O)O. The number of carbonyl (C=O) groups is 2. The molecule has 4 nitrogen and oxygen atoms in total. The standard InChI is InChI=1S/C15H19NO3S2/c1-9-8-16(5-2-10(9)15(18)19)14(17)13-11-3-6-20-12(11)4-7-21-13/h3,6,9-10,13H,2,4-5,7-8H2,1H3,(H,18,19). The third kappa shape index (κ3) is 2.83. The molecule has 3 rings (SSSR count). The van der Waals surface area contributed by atoms with Gasteiger partial charge in [0.2, 0.25) is 5.91 Å². The smallest absolute Gasteiger partial charge is 0.306 e. The Kier molecular flexibility index (Phi) is 4.26. The van der Waals surface area contributed by atoms with Crippen LogP contribution in [-0.4, -0.2) is 40.7 Å². The molecule has 0 radical (unpaired) electrons. The Morgan fingerprint density at radius 3 is 2.95 bits per heavy atom. The van der Waals surface area contributed by atoms with Gasteiger partial charge in [-0.15, -0.1) is 23.1 Å². The maximum absolute atomic E-state index is 12.8. The number of fused-ring (bicyclic) bond motifs is 1. The second-order valence-corrected chi connectivity index (χ2v) is 8.01. The van der Waals surface area contributed by atoms with Crippen LogP contribution in [-0.2, 0) is 16.0 Å². The summed E-state index contributed by atoms with van der Waals surface area (Å²) < 4.78 is 0. The van der Waals surface area contributed by atoms with Crippen LogP contribution >= 0.6 is 23.1 Å². The van der Waals surface area contributed by atoms with E-state index in [1.807, 2.05) is 11.8 Å². The van der Waals surface area contributed by atoms with Crippen molar-refractivity contribution in [1.29, 1.82) is 0 Å². The van der Waals surface area contributed by atoms with Crippen molar-refractivity contribution in [3.8, 4) is 0 Å². The van der Waals surface area contributed by atoms with Gasteiger partial charge in [0.25, 0.3) is 0 Å². The second-order valence-electron chi connectivity index (χ2n) is 5.79. The van der Waals surface area contributed by atoms with Crippen molar-refractivity contribution in [1.82, 2.24) is 4.90 Å². The molecule has 3 atom stereocenters. The lowest BCUT2D eigenvalue weighted by molar-refractivity contribution is -0.148. The van der Waals surface area contributed by atoms with Gasteiger partial charge < -0.3 is 10.0 Å². The van der Waals surface area contributed by atoms with E-state index in [-0.39, 0.29) is 23.0 Å². The molecule has 0 aromatic carbocycles. The molecule has 2 aliphatic rings. The van der Waals surface area contributed by atoms with Gasteiger partial charge in [-0.1, -0.05) is 6.92 Å². The number of thiophene rings is 1. The third-order valence-electron chi connectivity index (χ3n) is 4.43. The first-order valence-corrected chi connectivity index (χ1v) is 9.20. The maximum atomic E-state index is 12.8. The van der Waals surface area contributed by atoms with Gasteiger partial charge in [0, 0.05) is 18.0 Å². The van der Waals surface area contributed by atoms with E-state index < -0.39 is 5.97 Å². The van der Waals surface area contributed by atoms with Crippen LogP contribution in [0.5, 0.6) is 0 Å². The molecule has 1 amide bonds. The van der Waals surface area contributed by atoms with Crippen molar-refractivity contribution in [2.24, 2.45) is 11.8 Å². The molecule has 3 heterocycles. The number of nitrogens with zero attached hydrogens (tertiary/aromatic N) is 1. The first kappa shape index (κ1) is 14.9. The highest BCUT2D eigenvalue weighted by molar-refractivity contribution is 8.00. The Bertz CT molecular complexity index is 557. The number of amides is 1. The van der Waals surface area contributed by atoms with E-state index in [0.717, 1.165) is 12.2 Å². The quantitative estimate of drug-likeness (QED) is 0.908. The predicted octanol–water partition coefficient (Wildman–Crippen LogP) is 2.65. The van der Waals surface area contributed by atoms with E-state index in [4.69, 9.17) is 0 Å². The summed E-state index contributed by atoms with van der Waals surface area (Å²) in [5.74, 6) is 0.128. The van der Waals surface area contributed by atoms with Crippen molar-refractivity contribution in [2.75, 3.05) is 18.8 Å². The topological polar surface area (TPSA) is 57.6 Å². The van der Waals surface area contributed by atoms with Gasteiger partial charge in [-0.2, -0.15) is 0 Å². The molecule has 0 saturated carbocycles. The molecule has 114 valence electrons. The van der Waals surface area contributed by atoms with Crippen LogP contribution in [0.25, 0.3) is 0 Å². The molecule has 0 bridgehead atoms. The number of likely N-dealkylation sites (tertiary alicyclic amines) is 1. The normalized spacial score (nSPS) is 29.0. The molecule has 1 aromatic heterocycles. The summed E-state index contributed by atoms with van der Waals surface area (Å²) in [4.78, 5) is 27.2. The van der Waals surface area contributed by atoms with Crippen molar-refractivity contribution < 1.29 is 14.7 Å². The first-order chi connectivity index (χ1) is 10.1. The second kappa shape index (κ2) is 6.01. The van der Waals surface area contributed by atoms with Crippen molar-refractivity contribution in [2.45, 2.75) is 25.0 Å². The van der Waals surface area contributed by atoms with Crippen LogP contribution in [0.1, 0.15) is 29.0 Å². The van der Waals surface area contributed by atoms with E-state index in [1.54, 1.807) is 23.1 Å². The zero-order chi connectivity index (χ0) is 15.0. The van der Waals surface area contributed by atoms with Gasteiger partial charge in [0.1, 0.15) is 5.25 Å².